The SMILES string of the molecule is COC(=O)c1c(OC)cc(OC(F)(F)F)nc1C. The summed E-state index contributed by atoms with van der Waals surface area (Å²) in [4.78, 5) is 14.9. The Labute approximate surface area is 100 Å². The summed E-state index contributed by atoms with van der Waals surface area (Å²) in [5.41, 5.74) is -0.0324. The van der Waals surface area contributed by atoms with Crippen LogP contribution in [0.5, 0.6) is 11.6 Å². The number of hydrogen-bond donors (Lipinski definition) is 0. The molecular formula is C10H10F3NO4. The largest absolute Gasteiger partial charge is 0.574 e. The minimum absolute atomic E-state index is 0.0143. The lowest BCUT2D eigenvalue weighted by Crippen LogP contribution is -2.19. The summed E-state index contributed by atoms with van der Waals surface area (Å²) in [5, 5.41) is 0. The molecule has 0 aliphatic rings. The van der Waals surface area contributed by atoms with E-state index in [0.29, 0.717) is 0 Å². The predicted molar refractivity (Wildman–Crippen MR) is 53.5 cm³/mol. The summed E-state index contributed by atoms with van der Waals surface area (Å²) in [5.74, 6) is -1.56. The van der Waals surface area contributed by atoms with Crippen LogP contribution in [0.15, 0.2) is 6.07 Å². The van der Waals surface area contributed by atoms with E-state index in [1.165, 1.54) is 14.0 Å². The molecule has 0 aromatic carbocycles. The maximum atomic E-state index is 12.0. The molecule has 0 unspecified atom stereocenters. The van der Waals surface area contributed by atoms with Gasteiger partial charge in [0.05, 0.1) is 19.9 Å². The number of halogens is 3. The second-order valence-corrected chi connectivity index (χ2v) is 3.16. The molecule has 0 bridgehead atoms. The lowest BCUT2D eigenvalue weighted by atomic mass is 10.2. The molecule has 0 fully saturated rings. The van der Waals surface area contributed by atoms with Gasteiger partial charge in [-0.2, -0.15) is 0 Å². The van der Waals surface area contributed by atoms with Crippen LogP contribution in [0.2, 0.25) is 0 Å². The van der Waals surface area contributed by atoms with Crippen molar-refractivity contribution >= 4 is 5.97 Å². The summed E-state index contributed by atoms with van der Waals surface area (Å²) in [7, 11) is 2.35. The van der Waals surface area contributed by atoms with E-state index < -0.39 is 18.2 Å². The second kappa shape index (κ2) is 5.11. The fourth-order valence-electron chi connectivity index (χ4n) is 1.30. The minimum atomic E-state index is -4.86. The average Bonchev–Trinajstić information content (AvgIpc) is 2.24. The van der Waals surface area contributed by atoms with Crippen molar-refractivity contribution in [1.82, 2.24) is 4.98 Å². The highest BCUT2D eigenvalue weighted by Gasteiger charge is 2.33. The maximum Gasteiger partial charge on any atom is 0.574 e. The highest BCUT2D eigenvalue weighted by Crippen LogP contribution is 2.29. The second-order valence-electron chi connectivity index (χ2n) is 3.16. The first-order chi connectivity index (χ1) is 8.28. The predicted octanol–water partition coefficient (Wildman–Crippen LogP) is 2.08. The quantitative estimate of drug-likeness (QED) is 0.783. The fourth-order valence-corrected chi connectivity index (χ4v) is 1.30. The lowest BCUT2D eigenvalue weighted by molar-refractivity contribution is -0.276. The number of methoxy groups -OCH3 is 2. The number of rotatable bonds is 3. The number of pyridine rings is 1. The van der Waals surface area contributed by atoms with Crippen molar-refractivity contribution in [3.8, 4) is 11.6 Å². The Balaban J connectivity index is 3.23. The van der Waals surface area contributed by atoms with Crippen LogP contribution >= 0.6 is 0 Å². The van der Waals surface area contributed by atoms with Crippen LogP contribution < -0.4 is 9.47 Å². The zero-order valence-electron chi connectivity index (χ0n) is 9.79. The highest BCUT2D eigenvalue weighted by atomic mass is 19.4. The number of carbonyl (C=O) groups excluding carboxylic acids is 1. The van der Waals surface area contributed by atoms with Gasteiger partial charge in [0, 0.05) is 6.07 Å². The van der Waals surface area contributed by atoms with Crippen molar-refractivity contribution in [2.24, 2.45) is 0 Å². The molecule has 0 amide bonds. The van der Waals surface area contributed by atoms with E-state index in [9.17, 15) is 18.0 Å². The van der Waals surface area contributed by atoms with Gasteiger partial charge in [0.1, 0.15) is 11.3 Å². The first-order valence-electron chi connectivity index (χ1n) is 4.68. The van der Waals surface area contributed by atoms with Gasteiger partial charge in [-0.15, -0.1) is 13.2 Å². The Hall–Kier alpha value is -1.99. The van der Waals surface area contributed by atoms with Crippen molar-refractivity contribution < 1.29 is 32.2 Å². The van der Waals surface area contributed by atoms with Crippen molar-refractivity contribution in [1.29, 1.82) is 0 Å². The normalized spacial score (nSPS) is 11.0. The standard InChI is InChI=1S/C10H10F3NO4/c1-5-8(9(15)17-3)6(16-2)4-7(14-5)18-10(11,12)13/h4H,1-3H3. The molecule has 0 aliphatic carbocycles. The van der Waals surface area contributed by atoms with Crippen LogP contribution in [-0.2, 0) is 4.74 Å². The summed E-state index contributed by atoms with van der Waals surface area (Å²) in [6.07, 6.45) is -4.86. The molecule has 0 radical (unpaired) electrons. The van der Waals surface area contributed by atoms with Crippen molar-refractivity contribution in [2.75, 3.05) is 14.2 Å². The topological polar surface area (TPSA) is 57.7 Å². The third-order valence-electron chi connectivity index (χ3n) is 1.97. The average molecular weight is 265 g/mol. The number of aryl methyl sites for hydroxylation is 1. The molecule has 0 spiro atoms. The van der Waals surface area contributed by atoms with Gasteiger partial charge in [0.15, 0.2) is 0 Å². The van der Waals surface area contributed by atoms with Crippen molar-refractivity contribution in [3.05, 3.63) is 17.3 Å². The molecular weight excluding hydrogens is 255 g/mol. The van der Waals surface area contributed by atoms with E-state index in [2.05, 4.69) is 14.5 Å². The van der Waals surface area contributed by atoms with Crippen LogP contribution in [0.4, 0.5) is 13.2 Å². The molecule has 1 rings (SSSR count). The van der Waals surface area contributed by atoms with Crippen LogP contribution in [0.3, 0.4) is 0 Å². The molecule has 18 heavy (non-hydrogen) atoms. The van der Waals surface area contributed by atoms with E-state index >= 15 is 0 Å². The van der Waals surface area contributed by atoms with Crippen LogP contribution in [-0.4, -0.2) is 31.5 Å². The number of ether oxygens (including phenoxy) is 3. The van der Waals surface area contributed by atoms with E-state index in [1.807, 2.05) is 0 Å². The van der Waals surface area contributed by atoms with E-state index in [4.69, 9.17) is 4.74 Å². The molecule has 0 saturated carbocycles. The van der Waals surface area contributed by atoms with Gasteiger partial charge < -0.3 is 14.2 Å². The van der Waals surface area contributed by atoms with Gasteiger partial charge in [0.25, 0.3) is 0 Å². The molecule has 8 heteroatoms. The molecule has 100 valence electrons. The molecule has 5 nitrogen and oxygen atoms in total. The van der Waals surface area contributed by atoms with E-state index in [1.54, 1.807) is 0 Å². The number of carbonyl (C=O) groups is 1. The van der Waals surface area contributed by atoms with Gasteiger partial charge in [-0.3, -0.25) is 0 Å². The third kappa shape index (κ3) is 3.25. The smallest absolute Gasteiger partial charge is 0.496 e. The number of alkyl halides is 3. The Morgan fingerprint density at radius 2 is 1.94 bits per heavy atom. The summed E-state index contributed by atoms with van der Waals surface area (Å²) >= 11 is 0. The summed E-state index contributed by atoms with van der Waals surface area (Å²) in [6.45, 7) is 1.35. The first-order valence-corrected chi connectivity index (χ1v) is 4.68. The Kier molecular flexibility index (Phi) is 4.00. The molecule has 0 saturated heterocycles. The van der Waals surface area contributed by atoms with Gasteiger partial charge in [0.2, 0.25) is 5.88 Å². The number of aromatic nitrogens is 1. The first kappa shape index (κ1) is 14.1. The van der Waals surface area contributed by atoms with Crippen molar-refractivity contribution in [2.45, 2.75) is 13.3 Å². The van der Waals surface area contributed by atoms with E-state index in [-0.39, 0.29) is 17.0 Å². The summed E-state index contributed by atoms with van der Waals surface area (Å²) in [6, 6.07) is 0.868. The molecule has 1 heterocycles. The molecule has 1 aromatic heterocycles. The van der Waals surface area contributed by atoms with Gasteiger partial charge >= 0.3 is 12.3 Å². The van der Waals surface area contributed by atoms with Crippen LogP contribution in [0.1, 0.15) is 16.1 Å². The Morgan fingerprint density at radius 1 is 1.33 bits per heavy atom. The Morgan fingerprint density at radius 3 is 2.39 bits per heavy atom. The monoisotopic (exact) mass is 265 g/mol. The number of esters is 1. The zero-order valence-corrected chi connectivity index (χ0v) is 9.79. The van der Waals surface area contributed by atoms with Crippen LogP contribution in [0, 0.1) is 6.92 Å². The van der Waals surface area contributed by atoms with Gasteiger partial charge in [-0.05, 0) is 6.92 Å². The molecule has 1 aromatic rings. The number of nitrogens with zero attached hydrogens (tertiary/aromatic N) is 1. The highest BCUT2D eigenvalue weighted by molar-refractivity contribution is 5.93. The van der Waals surface area contributed by atoms with Gasteiger partial charge in [-0.25, -0.2) is 9.78 Å². The third-order valence-corrected chi connectivity index (χ3v) is 1.97. The maximum absolute atomic E-state index is 12.0. The van der Waals surface area contributed by atoms with Crippen LogP contribution in [0.25, 0.3) is 0 Å². The fraction of sp³-hybridized carbons (Fsp3) is 0.400. The lowest BCUT2D eigenvalue weighted by Gasteiger charge is -2.13. The Bertz CT molecular complexity index is 459. The van der Waals surface area contributed by atoms with Crippen molar-refractivity contribution in [3.63, 3.8) is 0 Å². The molecule has 0 N–H and O–H groups in total. The van der Waals surface area contributed by atoms with E-state index in [0.717, 1.165) is 13.2 Å². The zero-order chi connectivity index (χ0) is 13.9. The molecule has 0 atom stereocenters. The van der Waals surface area contributed by atoms with Gasteiger partial charge in [-0.1, -0.05) is 0 Å². The molecule has 0 aliphatic heterocycles. The minimum Gasteiger partial charge on any atom is -0.496 e. The summed E-state index contributed by atoms with van der Waals surface area (Å²) < 4.78 is 49.1. The number of hydrogen-bond acceptors (Lipinski definition) is 5.